The second-order valence-corrected chi connectivity index (χ2v) is 3.53. The van der Waals surface area contributed by atoms with E-state index in [-0.39, 0.29) is 5.69 Å². The Morgan fingerprint density at radius 3 is 3.07 bits per heavy atom. The maximum absolute atomic E-state index is 10.5. The molecule has 0 radical (unpaired) electrons. The minimum atomic E-state index is -1.00. The summed E-state index contributed by atoms with van der Waals surface area (Å²) >= 11 is 1.30. The van der Waals surface area contributed by atoms with Crippen LogP contribution in [0.25, 0.3) is 0 Å². The number of anilines is 1. The summed E-state index contributed by atoms with van der Waals surface area (Å²) < 4.78 is 0. The molecule has 1 N–H and O–H groups in total. The van der Waals surface area contributed by atoms with E-state index in [1.807, 2.05) is 11.9 Å². The number of carboxylic acids is 1. The van der Waals surface area contributed by atoms with Crippen molar-refractivity contribution in [3.8, 4) is 12.3 Å². The molecule has 0 saturated carbocycles. The summed E-state index contributed by atoms with van der Waals surface area (Å²) in [4.78, 5) is 16.3. The van der Waals surface area contributed by atoms with Crippen molar-refractivity contribution >= 4 is 22.4 Å². The molecule has 4 nitrogen and oxygen atoms in total. The van der Waals surface area contributed by atoms with Crippen molar-refractivity contribution in [2.75, 3.05) is 18.5 Å². The lowest BCUT2D eigenvalue weighted by atomic mass is 10.4. The summed E-state index contributed by atoms with van der Waals surface area (Å²) in [6.45, 7) is 0.684. The fourth-order valence-corrected chi connectivity index (χ4v) is 1.66. The van der Waals surface area contributed by atoms with E-state index in [2.05, 4.69) is 10.9 Å². The monoisotopic (exact) mass is 210 g/mol. The molecule has 1 heterocycles. The Hall–Kier alpha value is -1.54. The molecule has 1 rings (SSSR count). The zero-order valence-corrected chi connectivity index (χ0v) is 8.54. The molecule has 14 heavy (non-hydrogen) atoms. The highest BCUT2D eigenvalue weighted by Gasteiger charge is 2.10. The van der Waals surface area contributed by atoms with Gasteiger partial charge >= 0.3 is 5.97 Å². The van der Waals surface area contributed by atoms with Gasteiger partial charge in [0.25, 0.3) is 0 Å². The first-order valence-corrected chi connectivity index (χ1v) is 4.86. The highest BCUT2D eigenvalue weighted by Crippen LogP contribution is 2.19. The largest absolute Gasteiger partial charge is 0.476 e. The molecule has 0 aliphatic rings. The number of nitrogens with zero attached hydrogens (tertiary/aromatic N) is 2. The number of aromatic nitrogens is 1. The normalized spacial score (nSPS) is 9.43. The molecular weight excluding hydrogens is 200 g/mol. The highest BCUT2D eigenvalue weighted by molar-refractivity contribution is 7.13. The van der Waals surface area contributed by atoms with Crippen LogP contribution in [0.2, 0.25) is 0 Å². The third-order valence-corrected chi connectivity index (χ3v) is 2.58. The first-order valence-electron chi connectivity index (χ1n) is 3.98. The van der Waals surface area contributed by atoms with Crippen LogP contribution in [-0.2, 0) is 0 Å². The quantitative estimate of drug-likeness (QED) is 0.761. The van der Waals surface area contributed by atoms with Gasteiger partial charge in [-0.15, -0.1) is 23.7 Å². The molecule has 0 fully saturated rings. The standard InChI is InChI=1S/C9H10N2O2S/c1-3-4-5-11(2)9-10-7(6-14-9)8(12)13/h1,6H,4-5H2,2H3,(H,12,13). The van der Waals surface area contributed by atoms with Gasteiger partial charge in [-0.3, -0.25) is 0 Å². The molecule has 5 heteroatoms. The second-order valence-electron chi connectivity index (χ2n) is 2.70. The van der Waals surface area contributed by atoms with Gasteiger partial charge in [-0.2, -0.15) is 0 Å². The first kappa shape index (κ1) is 10.5. The van der Waals surface area contributed by atoms with Gasteiger partial charge in [0, 0.05) is 25.4 Å². The minimum absolute atomic E-state index is 0.0811. The maximum Gasteiger partial charge on any atom is 0.355 e. The summed E-state index contributed by atoms with van der Waals surface area (Å²) in [5.41, 5.74) is 0.0811. The number of hydrogen-bond acceptors (Lipinski definition) is 4. The Labute approximate surface area is 86.2 Å². The lowest BCUT2D eigenvalue weighted by Gasteiger charge is -2.12. The molecular formula is C9H10N2O2S. The predicted molar refractivity (Wildman–Crippen MR) is 55.8 cm³/mol. The lowest BCUT2D eigenvalue weighted by Crippen LogP contribution is -2.17. The molecule has 0 amide bonds. The van der Waals surface area contributed by atoms with Gasteiger partial charge < -0.3 is 10.0 Å². The summed E-state index contributed by atoms with van der Waals surface area (Å²) in [7, 11) is 1.84. The summed E-state index contributed by atoms with van der Waals surface area (Å²) in [6, 6.07) is 0. The van der Waals surface area contributed by atoms with Gasteiger partial charge in [-0.1, -0.05) is 0 Å². The van der Waals surface area contributed by atoms with E-state index >= 15 is 0 Å². The molecule has 0 aliphatic heterocycles. The number of aromatic carboxylic acids is 1. The number of rotatable bonds is 4. The van der Waals surface area contributed by atoms with E-state index in [4.69, 9.17) is 11.5 Å². The number of carbonyl (C=O) groups is 1. The Kier molecular flexibility index (Phi) is 3.48. The van der Waals surface area contributed by atoms with Gasteiger partial charge in [-0.25, -0.2) is 9.78 Å². The molecule has 0 aliphatic carbocycles. The van der Waals surface area contributed by atoms with Crippen LogP contribution in [0, 0.1) is 12.3 Å². The average molecular weight is 210 g/mol. The van der Waals surface area contributed by atoms with Crippen LogP contribution in [0.15, 0.2) is 5.38 Å². The fourth-order valence-electron chi connectivity index (χ4n) is 0.866. The number of hydrogen-bond donors (Lipinski definition) is 1. The summed E-state index contributed by atoms with van der Waals surface area (Å²) in [6.07, 6.45) is 5.74. The van der Waals surface area contributed by atoms with E-state index in [1.54, 1.807) is 0 Å². The zero-order chi connectivity index (χ0) is 10.6. The average Bonchev–Trinajstić information content (AvgIpc) is 2.62. The molecule has 0 bridgehead atoms. The molecule has 0 aromatic carbocycles. The lowest BCUT2D eigenvalue weighted by molar-refractivity contribution is 0.0691. The third-order valence-electron chi connectivity index (χ3n) is 1.63. The Morgan fingerprint density at radius 1 is 1.86 bits per heavy atom. The van der Waals surface area contributed by atoms with Gasteiger partial charge in [0.1, 0.15) is 0 Å². The topological polar surface area (TPSA) is 53.4 Å². The Bertz CT molecular complexity index is 367. The Morgan fingerprint density at radius 2 is 2.57 bits per heavy atom. The third kappa shape index (κ3) is 2.47. The van der Waals surface area contributed by atoms with Gasteiger partial charge in [0.15, 0.2) is 10.8 Å². The smallest absolute Gasteiger partial charge is 0.355 e. The van der Waals surface area contributed by atoms with Gasteiger partial charge in [0.05, 0.1) is 0 Å². The highest BCUT2D eigenvalue weighted by atomic mass is 32.1. The minimum Gasteiger partial charge on any atom is -0.476 e. The Balaban J connectivity index is 2.67. The molecule has 0 atom stereocenters. The van der Waals surface area contributed by atoms with Crippen LogP contribution in [0.3, 0.4) is 0 Å². The van der Waals surface area contributed by atoms with Gasteiger partial charge in [-0.05, 0) is 0 Å². The second kappa shape index (κ2) is 4.63. The van der Waals surface area contributed by atoms with Crippen LogP contribution < -0.4 is 4.90 Å². The van der Waals surface area contributed by atoms with Crippen LogP contribution in [0.5, 0.6) is 0 Å². The van der Waals surface area contributed by atoms with Gasteiger partial charge in [0.2, 0.25) is 0 Å². The van der Waals surface area contributed by atoms with Crippen molar-refractivity contribution in [3.05, 3.63) is 11.1 Å². The van der Waals surface area contributed by atoms with E-state index < -0.39 is 5.97 Å². The van der Waals surface area contributed by atoms with Crippen molar-refractivity contribution in [2.45, 2.75) is 6.42 Å². The molecule has 1 aromatic heterocycles. The van der Waals surface area contributed by atoms with Crippen molar-refractivity contribution < 1.29 is 9.90 Å². The van der Waals surface area contributed by atoms with Crippen molar-refractivity contribution in [1.29, 1.82) is 0 Å². The summed E-state index contributed by atoms with van der Waals surface area (Å²) in [5, 5.41) is 10.8. The van der Waals surface area contributed by atoms with Crippen LogP contribution >= 0.6 is 11.3 Å². The number of thiazole rings is 1. The van der Waals surface area contributed by atoms with Crippen molar-refractivity contribution in [1.82, 2.24) is 4.98 Å². The van der Waals surface area contributed by atoms with Crippen molar-refractivity contribution in [2.24, 2.45) is 0 Å². The molecule has 0 saturated heterocycles. The molecule has 0 spiro atoms. The summed E-state index contributed by atoms with van der Waals surface area (Å²) in [5.74, 6) is 1.51. The van der Waals surface area contributed by atoms with Crippen LogP contribution in [-0.4, -0.2) is 29.7 Å². The van der Waals surface area contributed by atoms with E-state index in [1.165, 1.54) is 16.7 Å². The number of terminal acetylenes is 1. The van der Waals surface area contributed by atoms with Crippen molar-refractivity contribution in [3.63, 3.8) is 0 Å². The fraction of sp³-hybridized carbons (Fsp3) is 0.333. The number of carboxylic acid groups (broad SMARTS) is 1. The molecule has 0 unspecified atom stereocenters. The van der Waals surface area contributed by atoms with Crippen LogP contribution in [0.1, 0.15) is 16.9 Å². The first-order chi connectivity index (χ1) is 6.65. The van der Waals surface area contributed by atoms with Crippen LogP contribution in [0.4, 0.5) is 5.13 Å². The zero-order valence-electron chi connectivity index (χ0n) is 7.73. The van der Waals surface area contributed by atoms with E-state index in [0.717, 1.165) is 0 Å². The predicted octanol–water partition coefficient (Wildman–Crippen LogP) is 1.30. The van der Waals surface area contributed by atoms with E-state index in [0.29, 0.717) is 18.1 Å². The maximum atomic E-state index is 10.5. The van der Waals surface area contributed by atoms with E-state index in [9.17, 15) is 4.79 Å². The molecule has 74 valence electrons. The SMILES string of the molecule is C#CCCN(C)c1nc(C(=O)O)cs1. The molecule has 1 aromatic rings.